The number of amides is 1. The highest BCUT2D eigenvalue weighted by Crippen LogP contribution is 2.33. The standard InChI is InChI=1S/C22H27N3O2S/c1-4-17(21(26)23-15-11-9-13(2)10-12-15)25-22(27)19-16-7-5-6-8-18(16)28-20(19)14(3)24-25/h5-8,13,15,17H,4,9-12H2,1-3H3,(H,23,26)/t13?,15?,17-/m1/s1. The maximum Gasteiger partial charge on any atom is 0.276 e. The Hall–Kier alpha value is -2.21. The van der Waals surface area contributed by atoms with E-state index in [1.54, 1.807) is 11.3 Å². The van der Waals surface area contributed by atoms with Crippen molar-refractivity contribution in [2.75, 3.05) is 0 Å². The molecule has 1 N–H and O–H groups in total. The number of fused-ring (bicyclic) bond motifs is 3. The van der Waals surface area contributed by atoms with Crippen molar-refractivity contribution >= 4 is 37.4 Å². The molecule has 148 valence electrons. The molecule has 4 rings (SSSR count). The van der Waals surface area contributed by atoms with Gasteiger partial charge in [-0.25, -0.2) is 4.68 Å². The number of aromatic nitrogens is 2. The Labute approximate surface area is 168 Å². The predicted octanol–water partition coefficient (Wildman–Crippen LogP) is 4.57. The molecule has 28 heavy (non-hydrogen) atoms. The number of benzene rings is 1. The zero-order valence-electron chi connectivity index (χ0n) is 16.7. The molecule has 1 aliphatic rings. The molecule has 3 aromatic rings. The van der Waals surface area contributed by atoms with Gasteiger partial charge in [-0.2, -0.15) is 5.10 Å². The molecule has 1 aliphatic carbocycles. The van der Waals surface area contributed by atoms with Gasteiger partial charge in [-0.05, 0) is 51.0 Å². The van der Waals surface area contributed by atoms with Crippen molar-refractivity contribution in [3.63, 3.8) is 0 Å². The van der Waals surface area contributed by atoms with E-state index >= 15 is 0 Å². The lowest BCUT2D eigenvalue weighted by molar-refractivity contribution is -0.125. The number of carbonyl (C=O) groups excluding carboxylic acids is 1. The van der Waals surface area contributed by atoms with E-state index in [0.29, 0.717) is 11.8 Å². The number of thiophene rings is 1. The first-order valence-electron chi connectivity index (χ1n) is 10.2. The summed E-state index contributed by atoms with van der Waals surface area (Å²) < 4.78 is 3.41. The zero-order chi connectivity index (χ0) is 19.8. The van der Waals surface area contributed by atoms with Crippen LogP contribution in [0, 0.1) is 12.8 Å². The van der Waals surface area contributed by atoms with Gasteiger partial charge >= 0.3 is 0 Å². The van der Waals surface area contributed by atoms with Crippen LogP contribution in [0.15, 0.2) is 29.1 Å². The lowest BCUT2D eigenvalue weighted by Crippen LogP contribution is -2.44. The molecule has 5 nitrogen and oxygen atoms in total. The van der Waals surface area contributed by atoms with E-state index in [1.807, 2.05) is 38.1 Å². The zero-order valence-corrected chi connectivity index (χ0v) is 17.5. The minimum absolute atomic E-state index is 0.0880. The Morgan fingerprint density at radius 1 is 1.29 bits per heavy atom. The van der Waals surface area contributed by atoms with E-state index in [4.69, 9.17) is 0 Å². The summed E-state index contributed by atoms with van der Waals surface area (Å²) in [5.41, 5.74) is 0.630. The van der Waals surface area contributed by atoms with Crippen molar-refractivity contribution < 1.29 is 4.79 Å². The topological polar surface area (TPSA) is 64.0 Å². The van der Waals surface area contributed by atoms with Gasteiger partial charge in [0, 0.05) is 16.1 Å². The van der Waals surface area contributed by atoms with Gasteiger partial charge in [0.2, 0.25) is 5.91 Å². The highest BCUT2D eigenvalue weighted by atomic mass is 32.1. The fourth-order valence-electron chi connectivity index (χ4n) is 4.26. The molecule has 1 amide bonds. The Morgan fingerprint density at radius 3 is 2.71 bits per heavy atom. The van der Waals surface area contributed by atoms with Crippen molar-refractivity contribution in [2.45, 2.75) is 65.0 Å². The lowest BCUT2D eigenvalue weighted by atomic mass is 9.87. The maximum absolute atomic E-state index is 13.3. The molecule has 0 spiro atoms. The van der Waals surface area contributed by atoms with Crippen LogP contribution in [-0.4, -0.2) is 21.7 Å². The van der Waals surface area contributed by atoms with Crippen molar-refractivity contribution in [3.05, 3.63) is 40.3 Å². The third kappa shape index (κ3) is 3.34. The van der Waals surface area contributed by atoms with Gasteiger partial charge in [0.15, 0.2) is 0 Å². The van der Waals surface area contributed by atoms with Crippen LogP contribution in [0.4, 0.5) is 0 Å². The summed E-state index contributed by atoms with van der Waals surface area (Å²) in [6, 6.07) is 7.56. The molecule has 0 unspecified atom stereocenters. The lowest BCUT2D eigenvalue weighted by Gasteiger charge is -2.28. The van der Waals surface area contributed by atoms with Crippen molar-refractivity contribution in [2.24, 2.45) is 5.92 Å². The molecular weight excluding hydrogens is 370 g/mol. The third-order valence-corrected chi connectivity index (χ3v) is 7.23. The van der Waals surface area contributed by atoms with E-state index in [0.717, 1.165) is 52.1 Å². The SMILES string of the molecule is CC[C@H](C(=O)NC1CCC(C)CC1)n1nc(C)c2sc3ccccc3c2c1=O. The average Bonchev–Trinajstić information content (AvgIpc) is 3.08. The highest BCUT2D eigenvalue weighted by Gasteiger charge is 2.27. The molecule has 1 atom stereocenters. The van der Waals surface area contributed by atoms with Gasteiger partial charge in [0.25, 0.3) is 5.56 Å². The van der Waals surface area contributed by atoms with E-state index in [2.05, 4.69) is 17.3 Å². The first-order valence-corrected chi connectivity index (χ1v) is 11.0. The molecule has 0 saturated heterocycles. The Morgan fingerprint density at radius 2 is 2.00 bits per heavy atom. The molecule has 0 bridgehead atoms. The Balaban J connectivity index is 1.72. The molecule has 6 heteroatoms. The second kappa shape index (κ2) is 7.66. The van der Waals surface area contributed by atoms with Gasteiger partial charge in [-0.15, -0.1) is 11.3 Å². The minimum atomic E-state index is -0.575. The van der Waals surface area contributed by atoms with Gasteiger partial charge in [0.05, 0.1) is 15.8 Å². The van der Waals surface area contributed by atoms with Crippen molar-refractivity contribution in [3.8, 4) is 0 Å². The first kappa shape index (κ1) is 19.1. The summed E-state index contributed by atoms with van der Waals surface area (Å²) in [5.74, 6) is 0.645. The second-order valence-electron chi connectivity index (χ2n) is 8.03. The van der Waals surface area contributed by atoms with Crippen LogP contribution in [0.5, 0.6) is 0 Å². The van der Waals surface area contributed by atoms with E-state index < -0.39 is 6.04 Å². The fraction of sp³-hybridized carbons (Fsp3) is 0.500. The van der Waals surface area contributed by atoms with Crippen LogP contribution in [0.25, 0.3) is 20.2 Å². The molecule has 1 aromatic carbocycles. The Bertz CT molecular complexity index is 1080. The van der Waals surface area contributed by atoms with Crippen LogP contribution in [0.3, 0.4) is 0 Å². The predicted molar refractivity (Wildman–Crippen MR) is 115 cm³/mol. The van der Waals surface area contributed by atoms with E-state index in [-0.39, 0.29) is 17.5 Å². The number of rotatable bonds is 4. The van der Waals surface area contributed by atoms with Crippen LogP contribution < -0.4 is 10.9 Å². The molecule has 1 fully saturated rings. The van der Waals surface area contributed by atoms with Crippen molar-refractivity contribution in [1.29, 1.82) is 0 Å². The number of carbonyl (C=O) groups is 1. The van der Waals surface area contributed by atoms with Gasteiger partial charge in [0.1, 0.15) is 6.04 Å². The molecule has 2 aromatic heterocycles. The number of hydrogen-bond acceptors (Lipinski definition) is 4. The summed E-state index contributed by atoms with van der Waals surface area (Å²) in [5, 5.41) is 9.36. The summed E-state index contributed by atoms with van der Waals surface area (Å²) in [7, 11) is 0. The largest absolute Gasteiger partial charge is 0.352 e. The van der Waals surface area contributed by atoms with E-state index in [9.17, 15) is 9.59 Å². The smallest absolute Gasteiger partial charge is 0.276 e. The fourth-order valence-corrected chi connectivity index (χ4v) is 5.40. The Kier molecular flexibility index (Phi) is 5.23. The highest BCUT2D eigenvalue weighted by molar-refractivity contribution is 7.26. The molecule has 0 aliphatic heterocycles. The molecule has 1 saturated carbocycles. The summed E-state index contributed by atoms with van der Waals surface area (Å²) in [6.45, 7) is 6.12. The number of hydrogen-bond donors (Lipinski definition) is 1. The number of nitrogens with one attached hydrogen (secondary N) is 1. The van der Waals surface area contributed by atoms with Crippen LogP contribution in [0.2, 0.25) is 0 Å². The monoisotopic (exact) mass is 397 g/mol. The van der Waals surface area contributed by atoms with Gasteiger partial charge in [-0.1, -0.05) is 32.0 Å². The number of nitrogens with zero attached hydrogens (tertiary/aromatic N) is 2. The molecule has 2 heterocycles. The first-order chi connectivity index (χ1) is 13.5. The van der Waals surface area contributed by atoms with E-state index in [1.165, 1.54) is 4.68 Å². The quantitative estimate of drug-likeness (QED) is 0.702. The van der Waals surface area contributed by atoms with Crippen molar-refractivity contribution in [1.82, 2.24) is 15.1 Å². The third-order valence-electron chi connectivity index (χ3n) is 5.95. The van der Waals surface area contributed by atoms with Crippen LogP contribution in [0.1, 0.15) is 57.7 Å². The summed E-state index contributed by atoms with van der Waals surface area (Å²) >= 11 is 1.59. The van der Waals surface area contributed by atoms with Crippen LogP contribution >= 0.6 is 11.3 Å². The molecular formula is C22H27N3O2S. The second-order valence-corrected chi connectivity index (χ2v) is 9.08. The number of aryl methyl sites for hydroxylation is 1. The minimum Gasteiger partial charge on any atom is -0.352 e. The summed E-state index contributed by atoms with van der Waals surface area (Å²) in [4.78, 5) is 26.3. The average molecular weight is 398 g/mol. The van der Waals surface area contributed by atoms with Crippen LogP contribution in [-0.2, 0) is 4.79 Å². The maximum atomic E-state index is 13.3. The van der Waals surface area contributed by atoms with Gasteiger partial charge < -0.3 is 5.32 Å². The normalized spacial score (nSPS) is 21.1. The molecule has 0 radical (unpaired) electrons. The van der Waals surface area contributed by atoms with Gasteiger partial charge in [-0.3, -0.25) is 9.59 Å². The summed E-state index contributed by atoms with van der Waals surface area (Å²) in [6.07, 6.45) is 4.85.